The van der Waals surface area contributed by atoms with E-state index in [4.69, 9.17) is 0 Å². The predicted octanol–water partition coefficient (Wildman–Crippen LogP) is 3.80. The van der Waals surface area contributed by atoms with Crippen LogP contribution in [0.3, 0.4) is 0 Å². The Kier molecular flexibility index (Phi) is 6.37. The topological polar surface area (TPSA) is 44.3 Å². The molecule has 0 amide bonds. The zero-order valence-corrected chi connectivity index (χ0v) is 16.4. The van der Waals surface area contributed by atoms with Crippen LogP contribution in [0.25, 0.3) is 0 Å². The minimum absolute atomic E-state index is 0.163. The summed E-state index contributed by atoms with van der Waals surface area (Å²) < 4.78 is 13.1. The number of aromatic nitrogens is 2. The highest BCUT2D eigenvalue weighted by Gasteiger charge is 2.23. The van der Waals surface area contributed by atoms with Crippen molar-refractivity contribution in [1.29, 1.82) is 0 Å². The Morgan fingerprint density at radius 3 is 2.29 bits per heavy atom. The number of anilines is 2. The summed E-state index contributed by atoms with van der Waals surface area (Å²) in [5.74, 6) is 1.43. The van der Waals surface area contributed by atoms with E-state index in [1.807, 2.05) is 18.2 Å². The van der Waals surface area contributed by atoms with Gasteiger partial charge in [-0.1, -0.05) is 0 Å². The van der Waals surface area contributed by atoms with E-state index in [1.54, 1.807) is 24.5 Å². The van der Waals surface area contributed by atoms with Crippen molar-refractivity contribution in [2.45, 2.75) is 38.1 Å². The minimum Gasteiger partial charge on any atom is -0.369 e. The Hall–Kier alpha value is -2.21. The molecule has 0 spiro atoms. The van der Waals surface area contributed by atoms with Gasteiger partial charge in [0.05, 0.1) is 0 Å². The van der Waals surface area contributed by atoms with E-state index in [0.29, 0.717) is 6.04 Å². The van der Waals surface area contributed by atoms with Gasteiger partial charge in [0, 0.05) is 50.3 Å². The second kappa shape index (κ2) is 9.32. The van der Waals surface area contributed by atoms with E-state index in [9.17, 15) is 4.39 Å². The summed E-state index contributed by atoms with van der Waals surface area (Å²) in [7, 11) is 0. The number of piperazine rings is 1. The molecule has 1 N–H and O–H groups in total. The molecule has 28 heavy (non-hydrogen) atoms. The molecule has 2 fully saturated rings. The van der Waals surface area contributed by atoms with Crippen LogP contribution in [0.2, 0.25) is 0 Å². The Labute approximate surface area is 167 Å². The van der Waals surface area contributed by atoms with Crippen molar-refractivity contribution >= 4 is 11.6 Å². The molecule has 150 valence electrons. The molecule has 6 heteroatoms. The van der Waals surface area contributed by atoms with E-state index >= 15 is 0 Å². The van der Waals surface area contributed by atoms with E-state index in [0.717, 1.165) is 43.7 Å². The van der Waals surface area contributed by atoms with Gasteiger partial charge in [0.15, 0.2) is 0 Å². The number of rotatable bonds is 6. The van der Waals surface area contributed by atoms with Gasteiger partial charge in [-0.15, -0.1) is 0 Å². The van der Waals surface area contributed by atoms with Crippen LogP contribution < -0.4 is 10.2 Å². The Morgan fingerprint density at radius 1 is 0.929 bits per heavy atom. The maximum Gasteiger partial charge on any atom is 0.222 e. The molecule has 1 aromatic heterocycles. The number of nitrogens with zero attached hydrogens (tertiary/aromatic N) is 4. The molecule has 2 aliphatic rings. The molecule has 1 saturated heterocycles. The fourth-order valence-corrected chi connectivity index (χ4v) is 4.40. The molecule has 0 atom stereocenters. The molecular weight excluding hydrogens is 353 g/mol. The van der Waals surface area contributed by atoms with Gasteiger partial charge in [-0.3, -0.25) is 4.90 Å². The molecule has 5 nitrogen and oxygen atoms in total. The molecule has 1 aliphatic carbocycles. The summed E-state index contributed by atoms with van der Waals surface area (Å²) in [5, 5.41) is 3.47. The average Bonchev–Trinajstić information content (AvgIpc) is 2.75. The molecule has 0 radical (unpaired) electrons. The van der Waals surface area contributed by atoms with Crippen molar-refractivity contribution in [1.82, 2.24) is 14.9 Å². The summed E-state index contributed by atoms with van der Waals surface area (Å²) >= 11 is 0. The van der Waals surface area contributed by atoms with E-state index in [2.05, 4.69) is 25.1 Å². The first-order chi connectivity index (χ1) is 13.8. The van der Waals surface area contributed by atoms with Crippen LogP contribution in [0.1, 0.15) is 32.1 Å². The highest BCUT2D eigenvalue weighted by molar-refractivity contribution is 5.46. The van der Waals surface area contributed by atoms with Gasteiger partial charge in [0.25, 0.3) is 0 Å². The van der Waals surface area contributed by atoms with Crippen LogP contribution in [0.15, 0.2) is 42.7 Å². The molecule has 1 saturated carbocycles. The van der Waals surface area contributed by atoms with Crippen LogP contribution in [0, 0.1) is 11.7 Å². The summed E-state index contributed by atoms with van der Waals surface area (Å²) in [6, 6.07) is 9.24. The molecule has 0 unspecified atom stereocenters. The third kappa shape index (κ3) is 5.19. The van der Waals surface area contributed by atoms with Gasteiger partial charge in [-0.05, 0) is 74.9 Å². The van der Waals surface area contributed by atoms with Crippen molar-refractivity contribution in [2.24, 2.45) is 5.92 Å². The lowest BCUT2D eigenvalue weighted by Gasteiger charge is -2.37. The third-order valence-corrected chi connectivity index (χ3v) is 6.16. The lowest BCUT2D eigenvalue weighted by Crippen LogP contribution is -2.47. The summed E-state index contributed by atoms with van der Waals surface area (Å²) in [6.45, 7) is 5.44. The van der Waals surface area contributed by atoms with E-state index in [-0.39, 0.29) is 5.82 Å². The molecule has 1 aromatic carbocycles. The standard InChI is InChI=1S/C22H30FN5/c23-19-4-8-21(9-5-19)28-16-14-27(15-17-28)13-10-18-2-6-20(7-3-18)26-22-24-11-1-12-25-22/h1,4-5,8-9,11-12,18,20H,2-3,6-7,10,13-17H2,(H,24,25,26). The van der Waals surface area contributed by atoms with Crippen molar-refractivity contribution in [3.05, 3.63) is 48.5 Å². The van der Waals surface area contributed by atoms with Gasteiger partial charge in [-0.2, -0.15) is 0 Å². The predicted molar refractivity (Wildman–Crippen MR) is 111 cm³/mol. The van der Waals surface area contributed by atoms with E-state index in [1.165, 1.54) is 38.6 Å². The SMILES string of the molecule is Fc1ccc(N2CCN(CCC3CCC(Nc4ncccn4)CC3)CC2)cc1. The molecule has 1 aliphatic heterocycles. The van der Waals surface area contributed by atoms with Crippen molar-refractivity contribution in [3.8, 4) is 0 Å². The second-order valence-electron chi connectivity index (χ2n) is 8.03. The fourth-order valence-electron chi connectivity index (χ4n) is 4.40. The van der Waals surface area contributed by atoms with Crippen LogP contribution in [-0.2, 0) is 0 Å². The third-order valence-electron chi connectivity index (χ3n) is 6.16. The number of hydrogen-bond donors (Lipinski definition) is 1. The van der Waals surface area contributed by atoms with E-state index < -0.39 is 0 Å². The zero-order chi connectivity index (χ0) is 19.2. The highest BCUT2D eigenvalue weighted by atomic mass is 19.1. The minimum atomic E-state index is -0.163. The van der Waals surface area contributed by atoms with Gasteiger partial charge in [0.1, 0.15) is 5.82 Å². The molecule has 4 rings (SSSR count). The lowest BCUT2D eigenvalue weighted by atomic mass is 9.84. The van der Waals surface area contributed by atoms with Crippen molar-refractivity contribution < 1.29 is 4.39 Å². The number of hydrogen-bond acceptors (Lipinski definition) is 5. The molecule has 2 heterocycles. The maximum atomic E-state index is 13.1. The average molecular weight is 384 g/mol. The summed E-state index contributed by atoms with van der Waals surface area (Å²) in [4.78, 5) is 13.5. The van der Waals surface area contributed by atoms with Gasteiger partial charge >= 0.3 is 0 Å². The summed E-state index contributed by atoms with van der Waals surface area (Å²) in [6.07, 6.45) is 9.88. The number of halogens is 1. The number of benzene rings is 1. The zero-order valence-electron chi connectivity index (χ0n) is 16.4. The van der Waals surface area contributed by atoms with Crippen LogP contribution in [0.4, 0.5) is 16.0 Å². The quantitative estimate of drug-likeness (QED) is 0.822. The normalized spacial score (nSPS) is 23.5. The highest BCUT2D eigenvalue weighted by Crippen LogP contribution is 2.28. The van der Waals surface area contributed by atoms with Gasteiger partial charge in [0.2, 0.25) is 5.95 Å². The monoisotopic (exact) mass is 383 g/mol. The molecule has 0 bridgehead atoms. The van der Waals surface area contributed by atoms with Crippen molar-refractivity contribution in [3.63, 3.8) is 0 Å². The first-order valence-electron chi connectivity index (χ1n) is 10.5. The van der Waals surface area contributed by atoms with Crippen molar-refractivity contribution in [2.75, 3.05) is 42.9 Å². The molecule has 2 aromatic rings. The Bertz CT molecular complexity index is 707. The second-order valence-corrected chi connectivity index (χ2v) is 8.03. The fraction of sp³-hybridized carbons (Fsp3) is 0.545. The Morgan fingerprint density at radius 2 is 1.61 bits per heavy atom. The van der Waals surface area contributed by atoms with Gasteiger partial charge in [-0.25, -0.2) is 14.4 Å². The Balaban J connectivity index is 1.14. The number of nitrogens with one attached hydrogen (secondary N) is 1. The first kappa shape index (κ1) is 19.1. The summed E-state index contributed by atoms with van der Waals surface area (Å²) in [5.41, 5.74) is 1.13. The van der Waals surface area contributed by atoms with Crippen LogP contribution in [-0.4, -0.2) is 53.6 Å². The molecular formula is C22H30FN5. The van der Waals surface area contributed by atoms with Gasteiger partial charge < -0.3 is 10.2 Å². The van der Waals surface area contributed by atoms with Crippen LogP contribution in [0.5, 0.6) is 0 Å². The smallest absolute Gasteiger partial charge is 0.222 e. The van der Waals surface area contributed by atoms with Crippen LogP contribution >= 0.6 is 0 Å². The lowest BCUT2D eigenvalue weighted by molar-refractivity contribution is 0.218. The first-order valence-corrected chi connectivity index (χ1v) is 10.5. The largest absolute Gasteiger partial charge is 0.369 e. The maximum absolute atomic E-state index is 13.1.